The number of aromatic amines is 1. The molecule has 0 amide bonds. The third-order valence-corrected chi connectivity index (χ3v) is 4.00. The number of aromatic nitrogens is 1. The standard InChI is InChI=1S/C17H17NO5/c1-8-4-5-11-10(6-8)14-12(9(2)7-23-11)15(19)13(16(20)18-14)17(21)22-3/h4-6,9H,7H2,1-3H3,(H2,18,19,20)/t9-/m1/s1. The molecular weight excluding hydrogens is 298 g/mol. The highest BCUT2D eigenvalue weighted by Crippen LogP contribution is 2.42. The molecule has 1 aromatic heterocycles. The van der Waals surface area contributed by atoms with E-state index in [1.54, 1.807) is 0 Å². The Hall–Kier alpha value is -2.76. The Balaban J connectivity index is 2.37. The van der Waals surface area contributed by atoms with Gasteiger partial charge in [0.15, 0.2) is 5.56 Å². The highest BCUT2D eigenvalue weighted by Gasteiger charge is 2.30. The number of esters is 1. The van der Waals surface area contributed by atoms with Crippen molar-refractivity contribution >= 4 is 5.97 Å². The number of pyridine rings is 1. The third-order valence-electron chi connectivity index (χ3n) is 4.00. The maximum atomic E-state index is 12.3. The van der Waals surface area contributed by atoms with Gasteiger partial charge in [0.05, 0.1) is 19.4 Å². The zero-order valence-electron chi connectivity index (χ0n) is 13.1. The van der Waals surface area contributed by atoms with E-state index < -0.39 is 11.5 Å². The van der Waals surface area contributed by atoms with Crippen LogP contribution in [-0.2, 0) is 4.74 Å². The maximum absolute atomic E-state index is 12.3. The number of fused-ring (bicyclic) bond motifs is 3. The molecule has 0 unspecified atom stereocenters. The van der Waals surface area contributed by atoms with Gasteiger partial charge in [-0.2, -0.15) is 0 Å². The first kappa shape index (κ1) is 15.1. The number of ether oxygens (including phenoxy) is 2. The molecule has 120 valence electrons. The molecule has 1 aliphatic heterocycles. The molecule has 1 atom stereocenters. The Bertz CT molecular complexity index is 853. The second kappa shape index (κ2) is 5.46. The van der Waals surface area contributed by atoms with E-state index in [-0.39, 0.29) is 17.2 Å². The minimum Gasteiger partial charge on any atom is -0.506 e. The predicted octanol–water partition coefficient (Wildman–Crippen LogP) is 2.34. The van der Waals surface area contributed by atoms with Crippen LogP contribution in [0.5, 0.6) is 11.5 Å². The second-order valence-corrected chi connectivity index (χ2v) is 5.67. The normalized spacial score (nSPS) is 15.9. The van der Waals surface area contributed by atoms with Crippen molar-refractivity contribution in [2.45, 2.75) is 19.8 Å². The lowest BCUT2D eigenvalue weighted by Crippen LogP contribution is -2.22. The number of hydrogen-bond donors (Lipinski definition) is 2. The van der Waals surface area contributed by atoms with Crippen LogP contribution in [0.1, 0.15) is 34.3 Å². The molecule has 0 saturated carbocycles. The Morgan fingerprint density at radius 3 is 2.87 bits per heavy atom. The van der Waals surface area contributed by atoms with Crippen LogP contribution < -0.4 is 10.3 Å². The quantitative estimate of drug-likeness (QED) is 0.789. The Kier molecular flexibility index (Phi) is 3.60. The van der Waals surface area contributed by atoms with Crippen LogP contribution in [0.4, 0.5) is 0 Å². The Morgan fingerprint density at radius 2 is 2.17 bits per heavy atom. The van der Waals surface area contributed by atoms with Gasteiger partial charge >= 0.3 is 5.97 Å². The van der Waals surface area contributed by atoms with Gasteiger partial charge in [-0.15, -0.1) is 0 Å². The van der Waals surface area contributed by atoms with Gasteiger partial charge in [-0.25, -0.2) is 4.79 Å². The summed E-state index contributed by atoms with van der Waals surface area (Å²) in [5.74, 6) is -0.797. The number of rotatable bonds is 1. The average molecular weight is 315 g/mol. The fourth-order valence-electron chi connectivity index (χ4n) is 2.85. The van der Waals surface area contributed by atoms with Crippen LogP contribution >= 0.6 is 0 Å². The zero-order valence-corrected chi connectivity index (χ0v) is 13.1. The maximum Gasteiger partial charge on any atom is 0.347 e. The van der Waals surface area contributed by atoms with Crippen LogP contribution in [-0.4, -0.2) is 29.8 Å². The van der Waals surface area contributed by atoms with Crippen molar-refractivity contribution in [2.24, 2.45) is 0 Å². The van der Waals surface area contributed by atoms with Gasteiger partial charge in [0.2, 0.25) is 0 Å². The molecule has 6 heteroatoms. The summed E-state index contributed by atoms with van der Waals surface area (Å²) in [4.78, 5) is 26.8. The van der Waals surface area contributed by atoms with Gasteiger partial charge in [-0.05, 0) is 19.1 Å². The molecule has 1 aromatic carbocycles. The first-order chi connectivity index (χ1) is 10.9. The van der Waals surface area contributed by atoms with E-state index >= 15 is 0 Å². The largest absolute Gasteiger partial charge is 0.506 e. The summed E-state index contributed by atoms with van der Waals surface area (Å²) in [5, 5.41) is 10.5. The lowest BCUT2D eigenvalue weighted by Gasteiger charge is -2.15. The monoisotopic (exact) mass is 315 g/mol. The molecule has 0 radical (unpaired) electrons. The summed E-state index contributed by atoms with van der Waals surface area (Å²) in [5.41, 5.74) is 1.57. The molecule has 1 aliphatic rings. The molecule has 23 heavy (non-hydrogen) atoms. The summed E-state index contributed by atoms with van der Waals surface area (Å²) in [6, 6.07) is 5.62. The SMILES string of the molecule is COC(=O)c1c(O)c2c([nH]c1=O)-c1cc(C)ccc1OC[C@H]2C. The smallest absolute Gasteiger partial charge is 0.347 e. The molecule has 0 bridgehead atoms. The average Bonchev–Trinajstić information content (AvgIpc) is 2.64. The highest BCUT2D eigenvalue weighted by molar-refractivity contribution is 5.93. The number of hydrogen-bond acceptors (Lipinski definition) is 5. The van der Waals surface area contributed by atoms with E-state index in [0.29, 0.717) is 29.2 Å². The summed E-state index contributed by atoms with van der Waals surface area (Å²) < 4.78 is 10.4. The molecular formula is C17H17NO5. The minimum absolute atomic E-state index is 0.210. The number of benzene rings is 1. The molecule has 2 heterocycles. The molecule has 2 N–H and O–H groups in total. The minimum atomic E-state index is -0.867. The molecule has 0 spiro atoms. The van der Waals surface area contributed by atoms with Crippen molar-refractivity contribution in [1.29, 1.82) is 0 Å². The van der Waals surface area contributed by atoms with Gasteiger partial charge < -0.3 is 19.6 Å². The summed E-state index contributed by atoms with van der Waals surface area (Å²) >= 11 is 0. The number of aromatic hydroxyl groups is 1. The summed E-state index contributed by atoms with van der Waals surface area (Å²) in [7, 11) is 1.16. The number of carbonyl (C=O) groups excluding carboxylic acids is 1. The first-order valence-corrected chi connectivity index (χ1v) is 7.25. The van der Waals surface area contributed by atoms with Crippen molar-refractivity contribution in [1.82, 2.24) is 4.98 Å². The molecule has 0 fully saturated rings. The fourth-order valence-corrected chi connectivity index (χ4v) is 2.85. The molecule has 0 saturated heterocycles. The third kappa shape index (κ3) is 2.36. The first-order valence-electron chi connectivity index (χ1n) is 7.25. The summed E-state index contributed by atoms with van der Waals surface area (Å²) in [6.07, 6.45) is 0. The van der Waals surface area contributed by atoms with Crippen LogP contribution in [0.3, 0.4) is 0 Å². The van der Waals surface area contributed by atoms with Crippen molar-refractivity contribution in [3.05, 3.63) is 45.2 Å². The van der Waals surface area contributed by atoms with Gasteiger partial charge in [-0.3, -0.25) is 4.79 Å². The lowest BCUT2D eigenvalue weighted by atomic mass is 9.93. The number of nitrogens with one attached hydrogen (secondary N) is 1. The van der Waals surface area contributed by atoms with Crippen molar-refractivity contribution < 1.29 is 19.4 Å². The number of H-pyrrole nitrogens is 1. The van der Waals surface area contributed by atoms with Crippen LogP contribution in [0.25, 0.3) is 11.3 Å². The van der Waals surface area contributed by atoms with Gasteiger partial charge in [-0.1, -0.05) is 18.6 Å². The van der Waals surface area contributed by atoms with Gasteiger partial charge in [0.25, 0.3) is 5.56 Å². The molecule has 3 rings (SSSR count). The van der Waals surface area contributed by atoms with E-state index in [4.69, 9.17) is 4.74 Å². The molecule has 2 aromatic rings. The van der Waals surface area contributed by atoms with E-state index in [2.05, 4.69) is 9.72 Å². The highest BCUT2D eigenvalue weighted by atomic mass is 16.5. The summed E-state index contributed by atoms with van der Waals surface area (Å²) in [6.45, 7) is 4.11. The number of methoxy groups -OCH3 is 1. The van der Waals surface area contributed by atoms with Crippen molar-refractivity contribution in [3.63, 3.8) is 0 Å². The van der Waals surface area contributed by atoms with Crippen molar-refractivity contribution in [3.8, 4) is 22.8 Å². The van der Waals surface area contributed by atoms with Gasteiger partial charge in [0, 0.05) is 17.0 Å². The van der Waals surface area contributed by atoms with Crippen LogP contribution in [0, 0.1) is 6.92 Å². The van der Waals surface area contributed by atoms with E-state index in [1.165, 1.54) is 0 Å². The van der Waals surface area contributed by atoms with Crippen molar-refractivity contribution in [2.75, 3.05) is 13.7 Å². The predicted molar refractivity (Wildman–Crippen MR) is 84.2 cm³/mol. The van der Waals surface area contributed by atoms with E-state index in [0.717, 1.165) is 12.7 Å². The number of aryl methyl sites for hydroxylation is 1. The number of carbonyl (C=O) groups is 1. The Labute approximate surface area is 132 Å². The molecule has 0 aliphatic carbocycles. The topological polar surface area (TPSA) is 88.6 Å². The Morgan fingerprint density at radius 1 is 1.43 bits per heavy atom. The fraction of sp³-hybridized carbons (Fsp3) is 0.294. The zero-order chi connectivity index (χ0) is 16.7. The van der Waals surface area contributed by atoms with Gasteiger partial charge in [0.1, 0.15) is 11.5 Å². The lowest BCUT2D eigenvalue weighted by molar-refractivity contribution is 0.0595. The van der Waals surface area contributed by atoms with E-state index in [9.17, 15) is 14.7 Å². The molecule has 6 nitrogen and oxygen atoms in total. The van der Waals surface area contributed by atoms with E-state index in [1.807, 2.05) is 32.0 Å². The van der Waals surface area contributed by atoms with Crippen LogP contribution in [0.15, 0.2) is 23.0 Å². The second-order valence-electron chi connectivity index (χ2n) is 5.67. The van der Waals surface area contributed by atoms with Crippen LogP contribution in [0.2, 0.25) is 0 Å².